The van der Waals surface area contributed by atoms with Crippen LogP contribution in [0.1, 0.15) is 38.3 Å². The van der Waals surface area contributed by atoms with E-state index in [1.165, 1.54) is 0 Å². The minimum absolute atomic E-state index is 0.362. The highest BCUT2D eigenvalue weighted by Crippen LogP contribution is 2.03. The Morgan fingerprint density at radius 1 is 1.62 bits per heavy atom. The number of rotatable bonds is 8. The van der Waals surface area contributed by atoms with Crippen LogP contribution in [-0.4, -0.2) is 26.2 Å². The Balaban J connectivity index is 2.35. The van der Waals surface area contributed by atoms with Crippen molar-refractivity contribution in [3.63, 3.8) is 0 Å². The summed E-state index contributed by atoms with van der Waals surface area (Å²) in [5.41, 5.74) is 1.01. The van der Waals surface area contributed by atoms with E-state index >= 15 is 0 Å². The van der Waals surface area contributed by atoms with Crippen LogP contribution in [0.5, 0.6) is 0 Å². The van der Waals surface area contributed by atoms with Crippen LogP contribution in [0.2, 0.25) is 0 Å². The number of nitrogens with zero attached hydrogens (tertiary/aromatic N) is 3. The number of aryl methyl sites for hydroxylation is 1. The number of aliphatic hydroxyl groups excluding tert-OH is 1. The molecule has 1 rings (SSSR count). The third-order valence-electron chi connectivity index (χ3n) is 2.47. The van der Waals surface area contributed by atoms with Crippen LogP contribution in [0.4, 0.5) is 0 Å². The van der Waals surface area contributed by atoms with Gasteiger partial charge >= 0.3 is 0 Å². The normalized spacial score (nSPS) is 12.6. The highest BCUT2D eigenvalue weighted by atomic mass is 16.3. The molecular weight excluding hydrogens is 202 g/mol. The van der Waals surface area contributed by atoms with Crippen molar-refractivity contribution >= 4 is 0 Å². The second-order valence-corrected chi connectivity index (χ2v) is 4.06. The average molecular weight is 223 g/mol. The lowest BCUT2D eigenvalue weighted by atomic mass is 10.2. The van der Waals surface area contributed by atoms with Gasteiger partial charge in [-0.3, -0.25) is 0 Å². The third-order valence-corrected chi connectivity index (χ3v) is 2.47. The SMILES string of the molecule is C=CCCC(O)Cn1cc(CCCC)nn1. The maximum absolute atomic E-state index is 9.68. The maximum atomic E-state index is 9.68. The summed E-state index contributed by atoms with van der Waals surface area (Å²) in [6, 6.07) is 0. The molecule has 0 fully saturated rings. The molecule has 4 heteroatoms. The van der Waals surface area contributed by atoms with E-state index in [0.29, 0.717) is 6.54 Å². The van der Waals surface area contributed by atoms with E-state index in [1.807, 2.05) is 12.3 Å². The first-order valence-corrected chi connectivity index (χ1v) is 5.94. The number of unbranched alkanes of at least 4 members (excludes halogenated alkanes) is 1. The summed E-state index contributed by atoms with van der Waals surface area (Å²) in [6.07, 6.45) is 8.21. The van der Waals surface area contributed by atoms with E-state index in [9.17, 15) is 5.11 Å². The van der Waals surface area contributed by atoms with Crippen molar-refractivity contribution in [2.75, 3.05) is 0 Å². The van der Waals surface area contributed by atoms with Gasteiger partial charge in [-0.1, -0.05) is 24.6 Å². The van der Waals surface area contributed by atoms with Gasteiger partial charge in [0.15, 0.2) is 0 Å². The highest BCUT2D eigenvalue weighted by molar-refractivity contribution is 4.92. The number of hydrogen-bond donors (Lipinski definition) is 1. The Kier molecular flexibility index (Phi) is 5.78. The smallest absolute Gasteiger partial charge is 0.0827 e. The van der Waals surface area contributed by atoms with Crippen molar-refractivity contribution in [1.82, 2.24) is 15.0 Å². The van der Waals surface area contributed by atoms with E-state index in [2.05, 4.69) is 23.8 Å². The van der Waals surface area contributed by atoms with Crippen molar-refractivity contribution < 1.29 is 5.11 Å². The van der Waals surface area contributed by atoms with Gasteiger partial charge in [0.1, 0.15) is 0 Å². The largest absolute Gasteiger partial charge is 0.391 e. The van der Waals surface area contributed by atoms with E-state index in [0.717, 1.165) is 37.8 Å². The van der Waals surface area contributed by atoms with Crippen molar-refractivity contribution in [2.45, 2.75) is 51.7 Å². The summed E-state index contributed by atoms with van der Waals surface area (Å²) >= 11 is 0. The lowest BCUT2D eigenvalue weighted by Gasteiger charge is -2.07. The summed E-state index contributed by atoms with van der Waals surface area (Å²) in [7, 11) is 0. The molecule has 0 radical (unpaired) electrons. The molecule has 0 amide bonds. The molecule has 4 nitrogen and oxygen atoms in total. The van der Waals surface area contributed by atoms with Gasteiger partial charge in [-0.25, -0.2) is 4.68 Å². The van der Waals surface area contributed by atoms with Crippen LogP contribution < -0.4 is 0 Å². The van der Waals surface area contributed by atoms with E-state index < -0.39 is 0 Å². The van der Waals surface area contributed by atoms with Crippen molar-refractivity contribution in [3.8, 4) is 0 Å². The highest BCUT2D eigenvalue weighted by Gasteiger charge is 2.06. The molecule has 0 spiro atoms. The van der Waals surface area contributed by atoms with Gasteiger partial charge in [-0.2, -0.15) is 0 Å². The van der Waals surface area contributed by atoms with Crippen LogP contribution in [0.15, 0.2) is 18.9 Å². The van der Waals surface area contributed by atoms with Gasteiger partial charge in [-0.15, -0.1) is 11.7 Å². The molecule has 16 heavy (non-hydrogen) atoms. The first-order valence-electron chi connectivity index (χ1n) is 5.94. The fourth-order valence-electron chi connectivity index (χ4n) is 1.52. The molecule has 0 aromatic carbocycles. The standard InChI is InChI=1S/C12H21N3O/c1-3-5-7-11-9-15(14-13-11)10-12(16)8-6-4-2/h4,9,12,16H,2-3,5-8,10H2,1H3. The third kappa shape index (κ3) is 4.57. The summed E-state index contributed by atoms with van der Waals surface area (Å²) in [5.74, 6) is 0. The van der Waals surface area contributed by atoms with Crippen LogP contribution in [0, 0.1) is 0 Å². The van der Waals surface area contributed by atoms with E-state index in [4.69, 9.17) is 0 Å². The van der Waals surface area contributed by atoms with Gasteiger partial charge in [0.25, 0.3) is 0 Å². The minimum atomic E-state index is -0.362. The lowest BCUT2D eigenvalue weighted by Crippen LogP contribution is -2.16. The molecule has 0 bridgehead atoms. The first kappa shape index (κ1) is 12.9. The van der Waals surface area contributed by atoms with Crippen molar-refractivity contribution in [3.05, 3.63) is 24.5 Å². The summed E-state index contributed by atoms with van der Waals surface area (Å²) in [5, 5.41) is 17.7. The molecule has 1 unspecified atom stereocenters. The predicted molar refractivity (Wildman–Crippen MR) is 64.1 cm³/mol. The second-order valence-electron chi connectivity index (χ2n) is 4.06. The molecule has 90 valence electrons. The molecule has 1 aromatic rings. The summed E-state index contributed by atoms with van der Waals surface area (Å²) in [4.78, 5) is 0. The molecule has 1 atom stereocenters. The zero-order valence-corrected chi connectivity index (χ0v) is 9.97. The Labute approximate surface area is 97.0 Å². The van der Waals surface area contributed by atoms with Crippen LogP contribution in [0.3, 0.4) is 0 Å². The topological polar surface area (TPSA) is 50.9 Å². The fourth-order valence-corrected chi connectivity index (χ4v) is 1.52. The molecule has 0 aliphatic heterocycles. The summed E-state index contributed by atoms with van der Waals surface area (Å²) in [6.45, 7) is 6.31. The van der Waals surface area contributed by atoms with Gasteiger partial charge < -0.3 is 5.11 Å². The Bertz CT molecular complexity index is 309. The van der Waals surface area contributed by atoms with Gasteiger partial charge in [0.2, 0.25) is 0 Å². The number of aromatic nitrogens is 3. The van der Waals surface area contributed by atoms with Crippen molar-refractivity contribution in [1.29, 1.82) is 0 Å². The number of aliphatic hydroxyl groups is 1. The molecule has 1 heterocycles. The minimum Gasteiger partial charge on any atom is -0.391 e. The second kappa shape index (κ2) is 7.17. The number of allylic oxidation sites excluding steroid dienone is 1. The Morgan fingerprint density at radius 3 is 3.12 bits per heavy atom. The molecule has 0 saturated heterocycles. The lowest BCUT2D eigenvalue weighted by molar-refractivity contribution is 0.140. The van der Waals surface area contributed by atoms with Gasteiger partial charge in [0, 0.05) is 6.20 Å². The molecule has 0 aliphatic rings. The molecular formula is C12H21N3O. The molecule has 1 aromatic heterocycles. The molecule has 0 saturated carbocycles. The monoisotopic (exact) mass is 223 g/mol. The fraction of sp³-hybridized carbons (Fsp3) is 0.667. The zero-order chi connectivity index (χ0) is 11.8. The molecule has 0 aliphatic carbocycles. The van der Waals surface area contributed by atoms with E-state index in [-0.39, 0.29) is 6.10 Å². The van der Waals surface area contributed by atoms with Crippen molar-refractivity contribution in [2.24, 2.45) is 0 Å². The molecule has 1 N–H and O–H groups in total. The van der Waals surface area contributed by atoms with Crippen LogP contribution >= 0.6 is 0 Å². The van der Waals surface area contributed by atoms with Crippen LogP contribution in [-0.2, 0) is 13.0 Å². The first-order chi connectivity index (χ1) is 7.76. The van der Waals surface area contributed by atoms with E-state index in [1.54, 1.807) is 4.68 Å². The Morgan fingerprint density at radius 2 is 2.44 bits per heavy atom. The predicted octanol–water partition coefficient (Wildman–Crippen LogP) is 1.95. The quantitative estimate of drug-likeness (QED) is 0.685. The van der Waals surface area contributed by atoms with Gasteiger partial charge in [-0.05, 0) is 25.7 Å². The Hall–Kier alpha value is -1.16. The number of hydrogen-bond acceptors (Lipinski definition) is 3. The summed E-state index contributed by atoms with van der Waals surface area (Å²) < 4.78 is 1.72. The average Bonchev–Trinajstić information content (AvgIpc) is 2.71. The zero-order valence-electron chi connectivity index (χ0n) is 9.97. The van der Waals surface area contributed by atoms with Gasteiger partial charge in [0.05, 0.1) is 18.3 Å². The van der Waals surface area contributed by atoms with Crippen LogP contribution in [0.25, 0.3) is 0 Å². The maximum Gasteiger partial charge on any atom is 0.0827 e.